The first-order valence-electron chi connectivity index (χ1n) is 8.61. The fourth-order valence-corrected chi connectivity index (χ4v) is 3.26. The molecule has 1 aliphatic heterocycles. The zero-order valence-corrected chi connectivity index (χ0v) is 14.3. The fourth-order valence-electron chi connectivity index (χ4n) is 3.26. The van der Waals surface area contributed by atoms with Gasteiger partial charge in [0.15, 0.2) is 0 Å². The molecule has 24 heavy (non-hydrogen) atoms. The molecule has 0 aromatic carbocycles. The molecular formula is C18H24N4O2. The van der Waals surface area contributed by atoms with Crippen LogP contribution in [0.15, 0.2) is 29.0 Å². The van der Waals surface area contributed by atoms with Gasteiger partial charge in [0.25, 0.3) is 0 Å². The Kier molecular flexibility index (Phi) is 5.25. The third-order valence-electron chi connectivity index (χ3n) is 4.57. The molecule has 1 fully saturated rings. The lowest BCUT2D eigenvalue weighted by Gasteiger charge is -2.36. The average molecular weight is 328 g/mol. The van der Waals surface area contributed by atoms with Crippen LogP contribution in [0.25, 0.3) is 0 Å². The van der Waals surface area contributed by atoms with Gasteiger partial charge in [-0.2, -0.15) is 0 Å². The van der Waals surface area contributed by atoms with Gasteiger partial charge in [-0.3, -0.25) is 9.78 Å². The highest BCUT2D eigenvalue weighted by atomic mass is 16.5. The van der Waals surface area contributed by atoms with Crippen molar-refractivity contribution in [2.24, 2.45) is 0 Å². The average Bonchev–Trinajstić information content (AvgIpc) is 3.04. The molecule has 128 valence electrons. The highest BCUT2D eigenvalue weighted by molar-refractivity contribution is 5.80. The summed E-state index contributed by atoms with van der Waals surface area (Å²) in [7, 11) is 0. The molecule has 3 heterocycles. The van der Waals surface area contributed by atoms with Gasteiger partial charge in [0.05, 0.1) is 18.2 Å². The van der Waals surface area contributed by atoms with E-state index < -0.39 is 0 Å². The van der Waals surface area contributed by atoms with E-state index >= 15 is 0 Å². The number of rotatable bonds is 5. The number of carbonyl (C=O) groups is 1. The summed E-state index contributed by atoms with van der Waals surface area (Å²) >= 11 is 0. The SMILES string of the molecule is CCc1noc(CC)c1CC(=O)N1CCNCC1c1cccnc1. The van der Waals surface area contributed by atoms with Gasteiger partial charge in [0.2, 0.25) is 5.91 Å². The summed E-state index contributed by atoms with van der Waals surface area (Å²) in [5.41, 5.74) is 2.93. The van der Waals surface area contributed by atoms with E-state index in [1.165, 1.54) is 0 Å². The molecule has 1 aliphatic rings. The quantitative estimate of drug-likeness (QED) is 0.908. The summed E-state index contributed by atoms with van der Waals surface area (Å²) in [4.78, 5) is 19.1. The molecule has 0 radical (unpaired) electrons. The molecule has 1 saturated heterocycles. The summed E-state index contributed by atoms with van der Waals surface area (Å²) in [6, 6.07) is 3.96. The Hall–Kier alpha value is -2.21. The van der Waals surface area contributed by atoms with E-state index in [4.69, 9.17) is 4.52 Å². The van der Waals surface area contributed by atoms with Crippen molar-refractivity contribution < 1.29 is 9.32 Å². The van der Waals surface area contributed by atoms with Gasteiger partial charge in [0.1, 0.15) is 5.76 Å². The van der Waals surface area contributed by atoms with E-state index in [-0.39, 0.29) is 11.9 Å². The van der Waals surface area contributed by atoms with Gasteiger partial charge in [0, 0.05) is 44.0 Å². The monoisotopic (exact) mass is 328 g/mol. The summed E-state index contributed by atoms with van der Waals surface area (Å²) < 4.78 is 5.39. The van der Waals surface area contributed by atoms with Crippen LogP contribution in [0, 0.1) is 0 Å². The van der Waals surface area contributed by atoms with Crippen molar-refractivity contribution in [3.05, 3.63) is 47.1 Å². The van der Waals surface area contributed by atoms with Gasteiger partial charge in [-0.05, 0) is 18.1 Å². The standard InChI is InChI=1S/C18H24N4O2/c1-3-15-14(17(4-2)24-21-15)10-18(23)22-9-8-20-12-16(22)13-6-5-7-19-11-13/h5-7,11,16,20H,3-4,8-10,12H2,1-2H3. The van der Waals surface area contributed by atoms with Crippen molar-refractivity contribution in [1.29, 1.82) is 0 Å². The Morgan fingerprint density at radius 2 is 2.29 bits per heavy atom. The van der Waals surface area contributed by atoms with E-state index in [1.807, 2.05) is 37.1 Å². The maximum absolute atomic E-state index is 13.0. The van der Waals surface area contributed by atoms with Gasteiger partial charge in [-0.25, -0.2) is 0 Å². The zero-order chi connectivity index (χ0) is 16.9. The van der Waals surface area contributed by atoms with Crippen LogP contribution in [-0.4, -0.2) is 40.6 Å². The minimum absolute atomic E-state index is 0.0231. The molecular weight excluding hydrogens is 304 g/mol. The van der Waals surface area contributed by atoms with Crippen molar-refractivity contribution in [2.75, 3.05) is 19.6 Å². The summed E-state index contributed by atoms with van der Waals surface area (Å²) in [5.74, 6) is 0.950. The minimum Gasteiger partial charge on any atom is -0.361 e. The van der Waals surface area contributed by atoms with E-state index in [1.54, 1.807) is 6.20 Å². The molecule has 0 spiro atoms. The van der Waals surface area contributed by atoms with Crippen molar-refractivity contribution >= 4 is 5.91 Å². The van der Waals surface area contributed by atoms with Crippen LogP contribution in [-0.2, 0) is 24.1 Å². The number of pyridine rings is 1. The number of aryl methyl sites for hydroxylation is 2. The Bertz CT molecular complexity index is 662. The number of carbonyl (C=O) groups excluding carboxylic acids is 1. The van der Waals surface area contributed by atoms with Crippen molar-refractivity contribution in [1.82, 2.24) is 20.4 Å². The molecule has 6 nitrogen and oxygen atoms in total. The lowest BCUT2D eigenvalue weighted by Crippen LogP contribution is -2.49. The highest BCUT2D eigenvalue weighted by Gasteiger charge is 2.29. The van der Waals surface area contributed by atoms with Crippen LogP contribution in [0.2, 0.25) is 0 Å². The third kappa shape index (κ3) is 3.33. The number of nitrogens with one attached hydrogen (secondary N) is 1. The van der Waals surface area contributed by atoms with Crippen LogP contribution in [0.5, 0.6) is 0 Å². The number of hydrogen-bond donors (Lipinski definition) is 1. The molecule has 0 aliphatic carbocycles. The smallest absolute Gasteiger partial charge is 0.227 e. The first-order valence-corrected chi connectivity index (χ1v) is 8.61. The summed E-state index contributed by atoms with van der Waals surface area (Å²) in [6.45, 7) is 6.33. The Morgan fingerprint density at radius 3 is 3.00 bits per heavy atom. The highest BCUT2D eigenvalue weighted by Crippen LogP contribution is 2.24. The molecule has 1 atom stereocenters. The van der Waals surface area contributed by atoms with E-state index in [9.17, 15) is 4.79 Å². The molecule has 2 aromatic rings. The maximum Gasteiger partial charge on any atom is 0.227 e. The number of hydrogen-bond acceptors (Lipinski definition) is 5. The van der Waals surface area contributed by atoms with E-state index in [0.29, 0.717) is 13.0 Å². The largest absolute Gasteiger partial charge is 0.361 e. The number of amides is 1. The van der Waals surface area contributed by atoms with E-state index in [2.05, 4.69) is 15.5 Å². The summed E-state index contributed by atoms with van der Waals surface area (Å²) in [6.07, 6.45) is 5.48. The second kappa shape index (κ2) is 7.57. The molecule has 2 aromatic heterocycles. The van der Waals surface area contributed by atoms with Gasteiger partial charge < -0.3 is 14.7 Å². The molecule has 0 saturated carbocycles. The normalized spacial score (nSPS) is 17.9. The number of aromatic nitrogens is 2. The summed E-state index contributed by atoms with van der Waals surface area (Å²) in [5, 5.41) is 7.48. The van der Waals surface area contributed by atoms with Crippen molar-refractivity contribution in [3.63, 3.8) is 0 Å². The van der Waals surface area contributed by atoms with Crippen LogP contribution in [0.4, 0.5) is 0 Å². The molecule has 3 rings (SSSR count). The number of nitrogens with zero attached hydrogens (tertiary/aromatic N) is 3. The van der Waals surface area contributed by atoms with Crippen LogP contribution in [0.1, 0.15) is 42.5 Å². The minimum atomic E-state index is 0.0231. The maximum atomic E-state index is 13.0. The zero-order valence-electron chi connectivity index (χ0n) is 14.3. The van der Waals surface area contributed by atoms with Gasteiger partial charge in [-0.15, -0.1) is 0 Å². The van der Waals surface area contributed by atoms with Gasteiger partial charge in [-0.1, -0.05) is 25.1 Å². The molecule has 1 N–H and O–H groups in total. The second-order valence-electron chi connectivity index (χ2n) is 6.01. The molecule has 6 heteroatoms. The van der Waals surface area contributed by atoms with Crippen LogP contribution < -0.4 is 5.32 Å². The van der Waals surface area contributed by atoms with Gasteiger partial charge >= 0.3 is 0 Å². The molecule has 1 unspecified atom stereocenters. The molecule has 0 bridgehead atoms. The predicted molar refractivity (Wildman–Crippen MR) is 90.5 cm³/mol. The molecule has 1 amide bonds. The lowest BCUT2D eigenvalue weighted by atomic mass is 10.0. The third-order valence-corrected chi connectivity index (χ3v) is 4.57. The number of piperazine rings is 1. The fraction of sp³-hybridized carbons (Fsp3) is 0.500. The predicted octanol–water partition coefficient (Wildman–Crippen LogP) is 1.91. The second-order valence-corrected chi connectivity index (χ2v) is 6.01. The van der Waals surface area contributed by atoms with Crippen LogP contribution in [0.3, 0.4) is 0 Å². The van der Waals surface area contributed by atoms with Crippen LogP contribution >= 0.6 is 0 Å². The first-order chi connectivity index (χ1) is 11.7. The van der Waals surface area contributed by atoms with E-state index in [0.717, 1.165) is 48.5 Å². The first kappa shape index (κ1) is 16.6. The van der Waals surface area contributed by atoms with Crippen molar-refractivity contribution in [3.8, 4) is 0 Å². The van der Waals surface area contributed by atoms with Crippen molar-refractivity contribution in [2.45, 2.75) is 39.2 Å². The Morgan fingerprint density at radius 1 is 1.42 bits per heavy atom. The topological polar surface area (TPSA) is 71.3 Å². The lowest BCUT2D eigenvalue weighted by molar-refractivity contribution is -0.133. The Labute approximate surface area is 142 Å². The Balaban J connectivity index is 1.81.